The van der Waals surface area contributed by atoms with E-state index < -0.39 is 22.1 Å². The molecular weight excluding hydrogens is 210 g/mol. The molecule has 0 fully saturated rings. The van der Waals surface area contributed by atoms with Gasteiger partial charge in [-0.3, -0.25) is 4.55 Å². The molecule has 1 aliphatic carbocycles. The van der Waals surface area contributed by atoms with Crippen molar-refractivity contribution >= 4 is 10.4 Å². The lowest BCUT2D eigenvalue weighted by atomic mass is 9.95. The fourth-order valence-electron chi connectivity index (χ4n) is 1.08. The summed E-state index contributed by atoms with van der Waals surface area (Å²) in [4.78, 5) is 0. The number of hydrogen-bond donors (Lipinski definition) is 3. The summed E-state index contributed by atoms with van der Waals surface area (Å²) in [6, 6.07) is 0. The fourth-order valence-corrected chi connectivity index (χ4v) is 1.62. The maximum atomic E-state index is 10.4. The Labute approximate surface area is 81.6 Å². The van der Waals surface area contributed by atoms with Crippen LogP contribution in [0.15, 0.2) is 23.9 Å². The molecular formula is C7H11NO5S. The fraction of sp³-hybridized carbons (Fsp3) is 0.429. The third kappa shape index (κ3) is 2.55. The van der Waals surface area contributed by atoms with Crippen molar-refractivity contribution in [1.82, 2.24) is 0 Å². The van der Waals surface area contributed by atoms with E-state index in [1.807, 2.05) is 0 Å². The summed E-state index contributed by atoms with van der Waals surface area (Å²) in [5, 5.41) is 9.68. The summed E-state index contributed by atoms with van der Waals surface area (Å²) >= 11 is 0. The SMILES string of the molecule is C[C@@H]1C=CC(N)=C[C@]1(O)OS(=O)(=O)O. The molecule has 0 bridgehead atoms. The first-order chi connectivity index (χ1) is 6.23. The van der Waals surface area contributed by atoms with Crippen LogP contribution in [0.25, 0.3) is 0 Å². The van der Waals surface area contributed by atoms with Gasteiger partial charge in [0.1, 0.15) is 0 Å². The average molecular weight is 221 g/mol. The van der Waals surface area contributed by atoms with Crippen molar-refractivity contribution in [1.29, 1.82) is 0 Å². The van der Waals surface area contributed by atoms with Crippen LogP contribution in [0, 0.1) is 5.92 Å². The van der Waals surface area contributed by atoms with Gasteiger partial charge in [0.2, 0.25) is 5.79 Å². The van der Waals surface area contributed by atoms with E-state index in [4.69, 9.17) is 10.3 Å². The molecule has 0 saturated heterocycles. The van der Waals surface area contributed by atoms with E-state index >= 15 is 0 Å². The standard InChI is InChI=1S/C7H11NO5S/c1-5-2-3-6(8)4-7(5,9)13-14(10,11)12/h2-5,9H,8H2,1H3,(H,10,11,12)/t5-,7+/m1/s1. The Morgan fingerprint density at radius 1 is 1.64 bits per heavy atom. The van der Waals surface area contributed by atoms with Gasteiger partial charge in [-0.15, -0.1) is 0 Å². The predicted molar refractivity (Wildman–Crippen MR) is 48.2 cm³/mol. The highest BCUT2D eigenvalue weighted by Gasteiger charge is 2.38. The average Bonchev–Trinajstić information content (AvgIpc) is 1.93. The van der Waals surface area contributed by atoms with Gasteiger partial charge < -0.3 is 10.8 Å². The molecule has 0 aromatic heterocycles. The van der Waals surface area contributed by atoms with Gasteiger partial charge in [0.05, 0.1) is 0 Å². The van der Waals surface area contributed by atoms with Gasteiger partial charge in [-0.05, 0) is 12.2 Å². The highest BCUT2D eigenvalue weighted by molar-refractivity contribution is 7.80. The van der Waals surface area contributed by atoms with Crippen molar-refractivity contribution in [2.24, 2.45) is 11.7 Å². The van der Waals surface area contributed by atoms with Gasteiger partial charge in [0.25, 0.3) is 0 Å². The van der Waals surface area contributed by atoms with E-state index in [1.54, 1.807) is 0 Å². The minimum atomic E-state index is -4.72. The molecule has 0 amide bonds. The van der Waals surface area contributed by atoms with Crippen molar-refractivity contribution in [3.63, 3.8) is 0 Å². The van der Waals surface area contributed by atoms with Crippen molar-refractivity contribution in [3.8, 4) is 0 Å². The number of allylic oxidation sites excluding steroid dienone is 1. The van der Waals surface area contributed by atoms with Crippen LogP contribution in [-0.2, 0) is 14.6 Å². The van der Waals surface area contributed by atoms with Crippen LogP contribution in [0.5, 0.6) is 0 Å². The normalized spacial score (nSPS) is 32.8. The number of aliphatic hydroxyl groups is 1. The molecule has 1 aliphatic rings. The molecule has 0 aliphatic heterocycles. The Morgan fingerprint density at radius 2 is 2.21 bits per heavy atom. The van der Waals surface area contributed by atoms with E-state index in [2.05, 4.69) is 4.18 Å². The Morgan fingerprint density at radius 3 is 2.71 bits per heavy atom. The highest BCUT2D eigenvalue weighted by Crippen LogP contribution is 2.28. The molecule has 0 spiro atoms. The Bertz CT molecular complexity index is 385. The lowest BCUT2D eigenvalue weighted by Crippen LogP contribution is -2.40. The quantitative estimate of drug-likeness (QED) is 0.430. The second-order valence-electron chi connectivity index (χ2n) is 3.06. The van der Waals surface area contributed by atoms with E-state index in [1.165, 1.54) is 19.1 Å². The molecule has 2 atom stereocenters. The van der Waals surface area contributed by atoms with Gasteiger partial charge in [-0.1, -0.05) is 13.0 Å². The topological polar surface area (TPSA) is 110 Å². The summed E-state index contributed by atoms with van der Waals surface area (Å²) in [5.41, 5.74) is 5.51. The third-order valence-electron chi connectivity index (χ3n) is 1.84. The van der Waals surface area contributed by atoms with Crippen molar-refractivity contribution in [3.05, 3.63) is 23.9 Å². The molecule has 80 valence electrons. The molecule has 0 radical (unpaired) electrons. The first-order valence-corrected chi connectivity index (χ1v) is 5.16. The largest absolute Gasteiger partial charge is 0.400 e. The number of hydrogen-bond acceptors (Lipinski definition) is 5. The lowest BCUT2D eigenvalue weighted by Gasteiger charge is -2.29. The van der Waals surface area contributed by atoms with E-state index in [-0.39, 0.29) is 5.70 Å². The summed E-state index contributed by atoms with van der Waals surface area (Å²) in [6.45, 7) is 1.52. The second kappa shape index (κ2) is 3.35. The molecule has 0 unspecified atom stereocenters. The monoisotopic (exact) mass is 221 g/mol. The summed E-state index contributed by atoms with van der Waals surface area (Å²) in [6.07, 6.45) is 4.00. The smallest absolute Gasteiger partial charge is 0.399 e. The van der Waals surface area contributed by atoms with E-state index in [0.29, 0.717) is 0 Å². The van der Waals surface area contributed by atoms with Gasteiger partial charge in [0, 0.05) is 11.6 Å². The maximum Gasteiger partial charge on any atom is 0.400 e. The van der Waals surface area contributed by atoms with E-state index in [9.17, 15) is 13.5 Å². The first kappa shape index (κ1) is 11.2. The highest BCUT2D eigenvalue weighted by atomic mass is 32.3. The van der Waals surface area contributed by atoms with Crippen LogP contribution in [0.1, 0.15) is 6.92 Å². The zero-order valence-corrected chi connectivity index (χ0v) is 8.23. The number of rotatable bonds is 2. The predicted octanol–water partition coefficient (Wildman–Crippen LogP) is -0.457. The van der Waals surface area contributed by atoms with Crippen molar-refractivity contribution in [2.75, 3.05) is 0 Å². The first-order valence-electron chi connectivity index (χ1n) is 3.80. The summed E-state index contributed by atoms with van der Waals surface area (Å²) < 4.78 is 33.4. The molecule has 0 aromatic rings. The third-order valence-corrected chi connectivity index (χ3v) is 2.32. The molecule has 7 heteroatoms. The molecule has 6 nitrogen and oxygen atoms in total. The van der Waals surface area contributed by atoms with Gasteiger partial charge in [0.15, 0.2) is 0 Å². The molecule has 0 aromatic carbocycles. The van der Waals surface area contributed by atoms with Gasteiger partial charge >= 0.3 is 10.4 Å². The van der Waals surface area contributed by atoms with Crippen LogP contribution in [0.2, 0.25) is 0 Å². The molecule has 14 heavy (non-hydrogen) atoms. The van der Waals surface area contributed by atoms with Crippen LogP contribution in [0.3, 0.4) is 0 Å². The molecule has 0 heterocycles. The summed E-state index contributed by atoms with van der Waals surface area (Å²) in [5.74, 6) is -2.75. The molecule has 1 rings (SSSR count). The molecule has 0 saturated carbocycles. The zero-order valence-electron chi connectivity index (χ0n) is 7.41. The zero-order chi connectivity index (χ0) is 11.0. The van der Waals surface area contributed by atoms with Crippen molar-refractivity contribution in [2.45, 2.75) is 12.7 Å². The lowest BCUT2D eigenvalue weighted by molar-refractivity contribution is -0.123. The Hall–Kier alpha value is -0.890. The second-order valence-corrected chi connectivity index (χ2v) is 4.08. The summed E-state index contributed by atoms with van der Waals surface area (Å²) in [7, 11) is -4.72. The van der Waals surface area contributed by atoms with Crippen LogP contribution < -0.4 is 5.73 Å². The van der Waals surface area contributed by atoms with Crippen LogP contribution in [-0.4, -0.2) is 23.9 Å². The van der Waals surface area contributed by atoms with Gasteiger partial charge in [-0.25, -0.2) is 4.18 Å². The van der Waals surface area contributed by atoms with Crippen LogP contribution in [0.4, 0.5) is 0 Å². The Kier molecular flexibility index (Phi) is 2.68. The van der Waals surface area contributed by atoms with Gasteiger partial charge in [-0.2, -0.15) is 8.42 Å². The Balaban J connectivity index is 2.99. The van der Waals surface area contributed by atoms with Crippen LogP contribution >= 0.6 is 0 Å². The minimum Gasteiger partial charge on any atom is -0.399 e. The minimum absolute atomic E-state index is 0.161. The van der Waals surface area contributed by atoms with Crippen molar-refractivity contribution < 1.29 is 22.3 Å². The van der Waals surface area contributed by atoms with E-state index in [0.717, 1.165) is 6.08 Å². The molecule has 4 N–H and O–H groups in total. The maximum absolute atomic E-state index is 10.4. The number of nitrogens with two attached hydrogens (primary N) is 1.